The standard InChI is InChI=1S/C16H20FN5O/c1-11-5-6-12(9-13(11)14-19-21-22-20-14)10-18-15(23)16(17)7-3-2-4-8-16/h5-6,9H,2-4,7-8,10H2,1H3,(H,18,23)(H,19,20,21,22). The van der Waals surface area contributed by atoms with Crippen LogP contribution in [0.25, 0.3) is 11.4 Å². The highest BCUT2D eigenvalue weighted by molar-refractivity contribution is 5.85. The van der Waals surface area contributed by atoms with Crippen LogP contribution in [0.2, 0.25) is 0 Å². The van der Waals surface area contributed by atoms with E-state index in [4.69, 9.17) is 0 Å². The number of benzene rings is 1. The zero-order chi connectivity index (χ0) is 16.3. The first-order chi connectivity index (χ1) is 11.1. The molecule has 7 heteroatoms. The predicted molar refractivity (Wildman–Crippen MR) is 83.1 cm³/mol. The first-order valence-corrected chi connectivity index (χ1v) is 7.89. The van der Waals surface area contributed by atoms with E-state index in [9.17, 15) is 9.18 Å². The molecule has 0 saturated heterocycles. The average Bonchev–Trinajstić information content (AvgIpc) is 3.08. The largest absolute Gasteiger partial charge is 0.349 e. The molecule has 0 unspecified atom stereocenters. The van der Waals surface area contributed by atoms with Crippen LogP contribution in [0.15, 0.2) is 18.2 Å². The Kier molecular flexibility index (Phi) is 4.36. The molecule has 0 bridgehead atoms. The molecule has 6 nitrogen and oxygen atoms in total. The van der Waals surface area contributed by atoms with E-state index < -0.39 is 11.6 Å². The van der Waals surface area contributed by atoms with Gasteiger partial charge in [-0.05, 0) is 55.0 Å². The molecule has 1 fully saturated rings. The number of nitrogens with one attached hydrogen (secondary N) is 2. The monoisotopic (exact) mass is 317 g/mol. The topological polar surface area (TPSA) is 83.6 Å². The first-order valence-electron chi connectivity index (χ1n) is 7.89. The van der Waals surface area contributed by atoms with Crippen molar-refractivity contribution in [3.05, 3.63) is 29.3 Å². The number of rotatable bonds is 4. The number of aromatic nitrogens is 4. The Bertz CT molecular complexity index is 680. The van der Waals surface area contributed by atoms with Crippen LogP contribution in [0.1, 0.15) is 43.2 Å². The number of amides is 1. The van der Waals surface area contributed by atoms with Crippen molar-refractivity contribution >= 4 is 5.91 Å². The normalized spacial score (nSPS) is 17.0. The van der Waals surface area contributed by atoms with E-state index in [1.807, 2.05) is 25.1 Å². The fourth-order valence-corrected chi connectivity index (χ4v) is 2.98. The molecular formula is C16H20FN5O. The maximum absolute atomic E-state index is 14.6. The number of hydrogen-bond donors (Lipinski definition) is 2. The lowest BCUT2D eigenvalue weighted by Gasteiger charge is -2.28. The lowest BCUT2D eigenvalue weighted by molar-refractivity contribution is -0.135. The second kappa shape index (κ2) is 6.44. The summed E-state index contributed by atoms with van der Waals surface area (Å²) in [5.41, 5.74) is 1.02. The fourth-order valence-electron chi connectivity index (χ4n) is 2.98. The predicted octanol–water partition coefficient (Wildman–Crippen LogP) is 2.46. The summed E-state index contributed by atoms with van der Waals surface area (Å²) < 4.78 is 14.6. The lowest BCUT2D eigenvalue weighted by atomic mass is 9.85. The Morgan fingerprint density at radius 2 is 2.13 bits per heavy atom. The molecule has 1 aliphatic carbocycles. The highest BCUT2D eigenvalue weighted by Crippen LogP contribution is 2.32. The maximum Gasteiger partial charge on any atom is 0.257 e. The van der Waals surface area contributed by atoms with E-state index in [1.165, 1.54) is 0 Å². The summed E-state index contributed by atoms with van der Waals surface area (Å²) in [5, 5.41) is 16.7. The van der Waals surface area contributed by atoms with Gasteiger partial charge in [-0.2, -0.15) is 5.21 Å². The van der Waals surface area contributed by atoms with Crippen molar-refractivity contribution in [2.75, 3.05) is 0 Å². The number of halogens is 1. The van der Waals surface area contributed by atoms with Crippen molar-refractivity contribution in [1.29, 1.82) is 0 Å². The van der Waals surface area contributed by atoms with E-state index >= 15 is 0 Å². The molecule has 1 amide bonds. The van der Waals surface area contributed by atoms with Crippen LogP contribution in [-0.4, -0.2) is 32.2 Å². The zero-order valence-electron chi connectivity index (χ0n) is 13.1. The van der Waals surface area contributed by atoms with Crippen LogP contribution < -0.4 is 5.32 Å². The number of carbonyl (C=O) groups excluding carboxylic acids is 1. The number of alkyl halides is 1. The van der Waals surface area contributed by atoms with Gasteiger partial charge in [-0.25, -0.2) is 4.39 Å². The Balaban J connectivity index is 1.69. The van der Waals surface area contributed by atoms with Gasteiger partial charge in [0.1, 0.15) is 0 Å². The van der Waals surface area contributed by atoms with Gasteiger partial charge in [0.25, 0.3) is 5.91 Å². The smallest absolute Gasteiger partial charge is 0.257 e. The lowest BCUT2D eigenvalue weighted by Crippen LogP contribution is -2.44. The molecule has 1 aromatic heterocycles. The van der Waals surface area contributed by atoms with Crippen LogP contribution in [0.5, 0.6) is 0 Å². The Hall–Kier alpha value is -2.31. The van der Waals surface area contributed by atoms with Gasteiger partial charge in [0.15, 0.2) is 5.67 Å². The van der Waals surface area contributed by atoms with Gasteiger partial charge < -0.3 is 5.32 Å². The minimum absolute atomic E-state index is 0.287. The molecule has 23 heavy (non-hydrogen) atoms. The maximum atomic E-state index is 14.6. The van der Waals surface area contributed by atoms with Gasteiger partial charge in [-0.1, -0.05) is 18.6 Å². The zero-order valence-corrected chi connectivity index (χ0v) is 13.1. The fraction of sp³-hybridized carbons (Fsp3) is 0.500. The molecule has 3 rings (SSSR count). The summed E-state index contributed by atoms with van der Waals surface area (Å²) in [6.07, 6.45) is 3.19. The number of H-pyrrole nitrogens is 1. The highest BCUT2D eigenvalue weighted by Gasteiger charge is 2.39. The molecular weight excluding hydrogens is 297 g/mol. The molecule has 1 saturated carbocycles. The Morgan fingerprint density at radius 3 is 2.83 bits per heavy atom. The van der Waals surface area contributed by atoms with Crippen molar-refractivity contribution < 1.29 is 9.18 Å². The quantitative estimate of drug-likeness (QED) is 0.907. The van der Waals surface area contributed by atoms with Crippen LogP contribution in [0.3, 0.4) is 0 Å². The molecule has 1 heterocycles. The molecule has 1 aliphatic rings. The summed E-state index contributed by atoms with van der Waals surface area (Å²) in [6, 6.07) is 5.73. The number of aromatic amines is 1. The number of hydrogen-bond acceptors (Lipinski definition) is 4. The van der Waals surface area contributed by atoms with E-state index in [1.54, 1.807) is 0 Å². The van der Waals surface area contributed by atoms with E-state index in [-0.39, 0.29) is 6.54 Å². The number of carbonyl (C=O) groups is 1. The Labute approximate surface area is 133 Å². The number of aryl methyl sites for hydroxylation is 1. The van der Waals surface area contributed by atoms with Crippen molar-refractivity contribution in [2.24, 2.45) is 0 Å². The molecule has 0 spiro atoms. The SMILES string of the molecule is Cc1ccc(CNC(=O)C2(F)CCCCC2)cc1-c1nn[nH]n1. The molecule has 2 aromatic rings. The molecule has 0 radical (unpaired) electrons. The number of tetrazole rings is 1. The van der Waals surface area contributed by atoms with Gasteiger partial charge in [0.2, 0.25) is 5.82 Å². The third kappa shape index (κ3) is 3.38. The molecule has 0 aliphatic heterocycles. The van der Waals surface area contributed by atoms with Crippen molar-refractivity contribution in [3.63, 3.8) is 0 Å². The highest BCUT2D eigenvalue weighted by atomic mass is 19.1. The van der Waals surface area contributed by atoms with Gasteiger partial charge in [-0.3, -0.25) is 4.79 Å². The van der Waals surface area contributed by atoms with Crippen molar-refractivity contribution in [2.45, 2.75) is 51.2 Å². The third-order valence-corrected chi connectivity index (χ3v) is 4.39. The summed E-state index contributed by atoms with van der Waals surface area (Å²) in [6.45, 7) is 2.24. The van der Waals surface area contributed by atoms with Crippen LogP contribution in [0.4, 0.5) is 4.39 Å². The molecule has 1 aromatic carbocycles. The van der Waals surface area contributed by atoms with Gasteiger partial charge in [0.05, 0.1) is 0 Å². The van der Waals surface area contributed by atoms with Crippen molar-refractivity contribution in [1.82, 2.24) is 25.9 Å². The first kappa shape index (κ1) is 15.6. The Morgan fingerprint density at radius 1 is 1.35 bits per heavy atom. The molecule has 2 N–H and O–H groups in total. The van der Waals surface area contributed by atoms with Gasteiger partial charge in [-0.15, -0.1) is 10.2 Å². The van der Waals surface area contributed by atoms with Gasteiger partial charge in [0, 0.05) is 12.1 Å². The molecule has 0 atom stereocenters. The number of nitrogens with zero attached hydrogens (tertiary/aromatic N) is 3. The van der Waals surface area contributed by atoms with E-state index in [0.717, 1.165) is 36.0 Å². The van der Waals surface area contributed by atoms with Crippen LogP contribution >= 0.6 is 0 Å². The van der Waals surface area contributed by atoms with Crippen LogP contribution in [-0.2, 0) is 11.3 Å². The second-order valence-electron chi connectivity index (χ2n) is 6.09. The summed E-state index contributed by atoms with van der Waals surface area (Å²) in [4.78, 5) is 12.1. The van der Waals surface area contributed by atoms with Gasteiger partial charge >= 0.3 is 0 Å². The second-order valence-corrected chi connectivity index (χ2v) is 6.09. The van der Waals surface area contributed by atoms with E-state index in [0.29, 0.717) is 18.7 Å². The average molecular weight is 317 g/mol. The minimum atomic E-state index is -1.71. The van der Waals surface area contributed by atoms with Crippen molar-refractivity contribution in [3.8, 4) is 11.4 Å². The third-order valence-electron chi connectivity index (χ3n) is 4.39. The summed E-state index contributed by atoms with van der Waals surface area (Å²) in [5.74, 6) is 0.00352. The molecule has 122 valence electrons. The van der Waals surface area contributed by atoms with E-state index in [2.05, 4.69) is 25.9 Å². The summed E-state index contributed by atoms with van der Waals surface area (Å²) in [7, 11) is 0. The minimum Gasteiger partial charge on any atom is -0.349 e. The summed E-state index contributed by atoms with van der Waals surface area (Å²) >= 11 is 0. The van der Waals surface area contributed by atoms with Crippen LogP contribution in [0, 0.1) is 6.92 Å².